The van der Waals surface area contributed by atoms with E-state index in [0.717, 1.165) is 6.42 Å². The summed E-state index contributed by atoms with van der Waals surface area (Å²) in [5.74, 6) is -1.80. The minimum atomic E-state index is -0.853. The van der Waals surface area contributed by atoms with Gasteiger partial charge in [0.1, 0.15) is 0 Å². The molecule has 1 N–H and O–H groups in total. The van der Waals surface area contributed by atoms with E-state index in [2.05, 4.69) is 0 Å². The first-order chi connectivity index (χ1) is 7.99. The van der Waals surface area contributed by atoms with E-state index in [1.807, 2.05) is 6.92 Å². The van der Waals surface area contributed by atoms with Crippen LogP contribution in [0.15, 0.2) is 0 Å². The number of nitrogens with zero attached hydrogens (tertiary/aromatic N) is 1. The van der Waals surface area contributed by atoms with Crippen LogP contribution in [0.25, 0.3) is 0 Å². The number of carbonyl (C=O) groups excluding carboxylic acids is 1. The second kappa shape index (κ2) is 6.00. The fourth-order valence-electron chi connectivity index (χ4n) is 2.38. The van der Waals surface area contributed by atoms with E-state index in [1.165, 1.54) is 0 Å². The van der Waals surface area contributed by atoms with E-state index < -0.39 is 11.9 Å². The zero-order chi connectivity index (χ0) is 13.0. The van der Waals surface area contributed by atoms with Crippen LogP contribution in [-0.2, 0) is 14.3 Å². The van der Waals surface area contributed by atoms with Gasteiger partial charge in [-0.25, -0.2) is 0 Å². The summed E-state index contributed by atoms with van der Waals surface area (Å²) in [7, 11) is 3.30. The Morgan fingerprint density at radius 2 is 2.00 bits per heavy atom. The molecule has 5 heteroatoms. The highest BCUT2D eigenvalue weighted by atomic mass is 16.5. The van der Waals surface area contributed by atoms with E-state index >= 15 is 0 Å². The van der Waals surface area contributed by atoms with Gasteiger partial charge < -0.3 is 14.7 Å². The van der Waals surface area contributed by atoms with Gasteiger partial charge in [0.2, 0.25) is 5.91 Å². The summed E-state index contributed by atoms with van der Waals surface area (Å²) in [6, 6.07) is -0.0254. The van der Waals surface area contributed by atoms with Crippen LogP contribution in [-0.4, -0.2) is 48.7 Å². The quantitative estimate of drug-likeness (QED) is 0.781. The van der Waals surface area contributed by atoms with Crippen molar-refractivity contribution < 1.29 is 19.4 Å². The summed E-state index contributed by atoms with van der Waals surface area (Å²) in [5, 5.41) is 9.06. The van der Waals surface area contributed by atoms with Crippen LogP contribution in [0.2, 0.25) is 0 Å². The van der Waals surface area contributed by atoms with Crippen molar-refractivity contribution in [1.29, 1.82) is 0 Å². The normalized spacial score (nSPS) is 25.6. The van der Waals surface area contributed by atoms with E-state index in [4.69, 9.17) is 9.84 Å². The van der Waals surface area contributed by atoms with Crippen LogP contribution in [0.4, 0.5) is 0 Å². The van der Waals surface area contributed by atoms with E-state index in [-0.39, 0.29) is 17.9 Å². The zero-order valence-corrected chi connectivity index (χ0v) is 10.7. The van der Waals surface area contributed by atoms with Crippen molar-refractivity contribution in [3.05, 3.63) is 0 Å². The van der Waals surface area contributed by atoms with E-state index in [1.54, 1.807) is 19.1 Å². The molecule has 0 bridgehead atoms. The maximum atomic E-state index is 12.2. The molecule has 1 unspecified atom stereocenters. The molecule has 0 aromatic rings. The Balaban J connectivity index is 2.65. The molecule has 1 saturated carbocycles. The molecule has 1 aliphatic rings. The maximum Gasteiger partial charge on any atom is 0.307 e. The minimum Gasteiger partial charge on any atom is -0.481 e. The monoisotopic (exact) mass is 243 g/mol. The molecule has 98 valence electrons. The lowest BCUT2D eigenvalue weighted by Gasteiger charge is -2.28. The van der Waals surface area contributed by atoms with Gasteiger partial charge in [-0.15, -0.1) is 0 Å². The van der Waals surface area contributed by atoms with Crippen LogP contribution in [0.3, 0.4) is 0 Å². The van der Waals surface area contributed by atoms with Gasteiger partial charge in [0.15, 0.2) is 0 Å². The molecule has 5 nitrogen and oxygen atoms in total. The average molecular weight is 243 g/mol. The molecule has 0 aromatic carbocycles. The molecule has 0 spiro atoms. The second-order valence-electron chi connectivity index (χ2n) is 4.74. The first kappa shape index (κ1) is 14.0. The average Bonchev–Trinajstić information content (AvgIpc) is 2.76. The number of methoxy groups -OCH3 is 1. The molecular formula is C12H21NO4. The van der Waals surface area contributed by atoms with Gasteiger partial charge in [-0.05, 0) is 19.8 Å². The van der Waals surface area contributed by atoms with Crippen LogP contribution in [0.1, 0.15) is 26.2 Å². The molecule has 0 saturated heterocycles. The Labute approximate surface area is 102 Å². The van der Waals surface area contributed by atoms with Crippen LogP contribution in [0.5, 0.6) is 0 Å². The molecule has 1 amide bonds. The Morgan fingerprint density at radius 1 is 1.41 bits per heavy atom. The third-order valence-corrected chi connectivity index (χ3v) is 3.57. The molecule has 17 heavy (non-hydrogen) atoms. The molecule has 1 rings (SSSR count). The van der Waals surface area contributed by atoms with Crippen LogP contribution >= 0.6 is 0 Å². The number of hydrogen-bond donors (Lipinski definition) is 1. The Morgan fingerprint density at radius 3 is 2.53 bits per heavy atom. The molecule has 1 fully saturated rings. The third-order valence-electron chi connectivity index (χ3n) is 3.57. The molecule has 3 atom stereocenters. The molecule has 0 heterocycles. The summed E-state index contributed by atoms with van der Waals surface area (Å²) in [6.45, 7) is 2.36. The van der Waals surface area contributed by atoms with Gasteiger partial charge in [-0.2, -0.15) is 0 Å². The standard InChI is InChI=1S/C12H21NO4/c1-8(7-17-3)13(2)11(14)9-5-4-6-10(9)12(15)16/h8-10H,4-7H2,1-3H3,(H,15,16)/t8?,9-,10+/m1/s1. The number of ether oxygens (including phenoxy) is 1. The predicted octanol–water partition coefficient (Wildman–Crippen LogP) is 0.981. The predicted molar refractivity (Wildman–Crippen MR) is 62.6 cm³/mol. The van der Waals surface area contributed by atoms with Crippen molar-refractivity contribution in [1.82, 2.24) is 4.90 Å². The Hall–Kier alpha value is -1.10. The van der Waals surface area contributed by atoms with E-state index in [0.29, 0.717) is 19.4 Å². The smallest absolute Gasteiger partial charge is 0.307 e. The second-order valence-corrected chi connectivity index (χ2v) is 4.74. The van der Waals surface area contributed by atoms with Crippen molar-refractivity contribution in [2.45, 2.75) is 32.2 Å². The van der Waals surface area contributed by atoms with Crippen molar-refractivity contribution in [2.75, 3.05) is 20.8 Å². The van der Waals surface area contributed by atoms with Crippen molar-refractivity contribution >= 4 is 11.9 Å². The van der Waals surface area contributed by atoms with Crippen LogP contribution in [0, 0.1) is 11.8 Å². The Bertz CT molecular complexity index is 292. The molecule has 0 aliphatic heterocycles. The van der Waals surface area contributed by atoms with Gasteiger partial charge in [-0.1, -0.05) is 6.42 Å². The zero-order valence-electron chi connectivity index (χ0n) is 10.7. The van der Waals surface area contributed by atoms with Crippen molar-refractivity contribution in [2.24, 2.45) is 11.8 Å². The van der Waals surface area contributed by atoms with Crippen molar-refractivity contribution in [3.8, 4) is 0 Å². The molecule has 0 radical (unpaired) electrons. The minimum absolute atomic E-state index is 0.0254. The number of carboxylic acids is 1. The lowest BCUT2D eigenvalue weighted by Crippen LogP contribution is -2.43. The number of amides is 1. The number of carboxylic acid groups (broad SMARTS) is 1. The SMILES string of the molecule is COCC(C)N(C)C(=O)[C@@H]1CCC[C@@H]1C(=O)O. The fraction of sp³-hybridized carbons (Fsp3) is 0.833. The number of rotatable bonds is 5. The number of hydrogen-bond acceptors (Lipinski definition) is 3. The summed E-state index contributed by atoms with van der Waals surface area (Å²) >= 11 is 0. The number of likely N-dealkylation sites (N-methyl/N-ethyl adjacent to an activating group) is 1. The lowest BCUT2D eigenvalue weighted by molar-refractivity contribution is -0.149. The van der Waals surface area contributed by atoms with Crippen molar-refractivity contribution in [3.63, 3.8) is 0 Å². The highest BCUT2D eigenvalue weighted by Crippen LogP contribution is 2.33. The molecular weight excluding hydrogens is 222 g/mol. The largest absolute Gasteiger partial charge is 0.481 e. The number of aliphatic carboxylic acids is 1. The van der Waals surface area contributed by atoms with Gasteiger partial charge >= 0.3 is 5.97 Å². The van der Waals surface area contributed by atoms with Gasteiger partial charge in [0.25, 0.3) is 0 Å². The summed E-state index contributed by atoms with van der Waals surface area (Å²) in [5.41, 5.74) is 0. The first-order valence-corrected chi connectivity index (χ1v) is 5.97. The highest BCUT2D eigenvalue weighted by Gasteiger charge is 2.39. The number of carbonyl (C=O) groups is 2. The van der Waals surface area contributed by atoms with E-state index in [9.17, 15) is 9.59 Å². The van der Waals surface area contributed by atoms with Gasteiger partial charge in [0.05, 0.1) is 24.5 Å². The summed E-state index contributed by atoms with van der Waals surface area (Å²) in [4.78, 5) is 24.8. The molecule has 1 aliphatic carbocycles. The fourth-order valence-corrected chi connectivity index (χ4v) is 2.38. The summed E-state index contributed by atoms with van der Waals surface area (Å²) in [6.07, 6.45) is 2.11. The molecule has 0 aromatic heterocycles. The lowest BCUT2D eigenvalue weighted by atomic mass is 9.94. The topological polar surface area (TPSA) is 66.8 Å². The third kappa shape index (κ3) is 3.19. The van der Waals surface area contributed by atoms with Gasteiger partial charge in [-0.3, -0.25) is 9.59 Å². The summed E-state index contributed by atoms with van der Waals surface area (Å²) < 4.78 is 5.00. The van der Waals surface area contributed by atoms with Gasteiger partial charge in [0, 0.05) is 14.2 Å². The first-order valence-electron chi connectivity index (χ1n) is 5.97. The Kier molecular flexibility index (Phi) is 4.93. The van der Waals surface area contributed by atoms with Crippen LogP contribution < -0.4 is 0 Å². The maximum absolute atomic E-state index is 12.2. The highest BCUT2D eigenvalue weighted by molar-refractivity contribution is 5.85.